The molecule has 0 aliphatic carbocycles. The molecule has 22 heavy (non-hydrogen) atoms. The fourth-order valence-corrected chi connectivity index (χ4v) is 2.30. The lowest BCUT2D eigenvalue weighted by Crippen LogP contribution is -2.23. The summed E-state index contributed by atoms with van der Waals surface area (Å²) < 4.78 is 19.0. The Morgan fingerprint density at radius 3 is 2.41 bits per heavy atom. The summed E-state index contributed by atoms with van der Waals surface area (Å²) in [6, 6.07) is 14.6. The van der Waals surface area contributed by atoms with Crippen LogP contribution in [0.3, 0.4) is 0 Å². The highest BCUT2D eigenvalue weighted by Gasteiger charge is 2.12. The Balaban J connectivity index is 1.94. The molecule has 118 valence electrons. The van der Waals surface area contributed by atoms with E-state index in [1.807, 2.05) is 19.1 Å². The quantitative estimate of drug-likeness (QED) is 0.757. The van der Waals surface area contributed by atoms with Crippen LogP contribution >= 0.6 is 0 Å². The van der Waals surface area contributed by atoms with Crippen molar-refractivity contribution in [2.24, 2.45) is 0 Å². The van der Waals surface area contributed by atoms with Crippen LogP contribution < -0.4 is 10.1 Å². The summed E-state index contributed by atoms with van der Waals surface area (Å²) in [5.74, 6) is 1.20. The predicted octanol–water partition coefficient (Wildman–Crippen LogP) is 5.22. The normalized spacial score (nSPS) is 13.5. The van der Waals surface area contributed by atoms with Gasteiger partial charge in [0.2, 0.25) is 0 Å². The number of anilines is 1. The number of nitrogens with one attached hydrogen (secondary N) is 1. The molecular formula is C19H24FNO. The standard InChI is InChI=1S/C19H24FNO/c1-4-14(2)18-7-5-6-8-19(18)22-15(3)13-21-17-11-9-16(20)10-12-17/h5-12,14-15,21H,4,13H2,1-3H3/t14-,15-/m0/s1. The van der Waals surface area contributed by atoms with Crippen molar-refractivity contribution in [3.63, 3.8) is 0 Å². The second-order valence-electron chi connectivity index (χ2n) is 5.66. The van der Waals surface area contributed by atoms with E-state index in [-0.39, 0.29) is 11.9 Å². The number of ether oxygens (including phenoxy) is 1. The Bertz CT molecular complexity index is 582. The first-order valence-corrected chi connectivity index (χ1v) is 7.85. The van der Waals surface area contributed by atoms with Gasteiger partial charge in [-0.2, -0.15) is 0 Å². The molecule has 2 aromatic rings. The average molecular weight is 301 g/mol. The van der Waals surface area contributed by atoms with Gasteiger partial charge in [-0.25, -0.2) is 4.39 Å². The van der Waals surface area contributed by atoms with Crippen molar-refractivity contribution in [1.29, 1.82) is 0 Å². The van der Waals surface area contributed by atoms with E-state index < -0.39 is 0 Å². The lowest BCUT2D eigenvalue weighted by molar-refractivity contribution is 0.231. The Morgan fingerprint density at radius 1 is 1.05 bits per heavy atom. The first-order valence-electron chi connectivity index (χ1n) is 7.85. The first-order chi connectivity index (χ1) is 10.6. The van der Waals surface area contributed by atoms with Crippen molar-refractivity contribution >= 4 is 5.69 Å². The minimum absolute atomic E-state index is 0.0234. The van der Waals surface area contributed by atoms with Gasteiger partial charge < -0.3 is 10.1 Å². The van der Waals surface area contributed by atoms with Crippen LogP contribution in [0.15, 0.2) is 48.5 Å². The van der Waals surface area contributed by atoms with Crippen LogP contribution in [0.4, 0.5) is 10.1 Å². The molecule has 0 spiro atoms. The van der Waals surface area contributed by atoms with Gasteiger partial charge in [0.05, 0.1) is 6.54 Å². The van der Waals surface area contributed by atoms with Crippen LogP contribution in [-0.4, -0.2) is 12.6 Å². The summed E-state index contributed by atoms with van der Waals surface area (Å²) >= 11 is 0. The van der Waals surface area contributed by atoms with E-state index in [0.29, 0.717) is 12.5 Å². The number of para-hydroxylation sites is 1. The van der Waals surface area contributed by atoms with Gasteiger partial charge in [-0.15, -0.1) is 0 Å². The summed E-state index contributed by atoms with van der Waals surface area (Å²) in [7, 11) is 0. The molecule has 0 amide bonds. The van der Waals surface area contributed by atoms with E-state index in [1.165, 1.54) is 17.7 Å². The van der Waals surface area contributed by atoms with Crippen molar-refractivity contribution in [2.45, 2.75) is 39.2 Å². The smallest absolute Gasteiger partial charge is 0.123 e. The minimum atomic E-state index is -0.225. The second-order valence-corrected chi connectivity index (χ2v) is 5.66. The minimum Gasteiger partial charge on any atom is -0.489 e. The van der Waals surface area contributed by atoms with Crippen molar-refractivity contribution < 1.29 is 9.13 Å². The molecule has 2 nitrogen and oxygen atoms in total. The number of halogens is 1. The fraction of sp³-hybridized carbons (Fsp3) is 0.368. The lowest BCUT2D eigenvalue weighted by Gasteiger charge is -2.20. The molecule has 0 unspecified atom stereocenters. The summed E-state index contributed by atoms with van der Waals surface area (Å²) in [5, 5.41) is 3.26. The number of rotatable bonds is 7. The highest BCUT2D eigenvalue weighted by molar-refractivity contribution is 5.43. The number of benzene rings is 2. The van der Waals surface area contributed by atoms with Crippen LogP contribution in [-0.2, 0) is 0 Å². The third-order valence-electron chi connectivity index (χ3n) is 3.83. The molecule has 1 N–H and O–H groups in total. The molecule has 0 aliphatic rings. The molecule has 0 aliphatic heterocycles. The Labute approximate surface area is 132 Å². The number of hydrogen-bond donors (Lipinski definition) is 1. The summed E-state index contributed by atoms with van der Waals surface area (Å²) in [6.45, 7) is 7.09. The molecule has 2 rings (SSSR count). The van der Waals surface area contributed by atoms with Crippen LogP contribution in [0.1, 0.15) is 38.7 Å². The van der Waals surface area contributed by atoms with Gasteiger partial charge >= 0.3 is 0 Å². The van der Waals surface area contributed by atoms with Crippen LogP contribution in [0.2, 0.25) is 0 Å². The maximum absolute atomic E-state index is 12.9. The van der Waals surface area contributed by atoms with Gasteiger partial charge in [0.25, 0.3) is 0 Å². The lowest BCUT2D eigenvalue weighted by atomic mass is 9.98. The van der Waals surface area contributed by atoms with Gasteiger partial charge in [0.1, 0.15) is 17.7 Å². The Kier molecular flexibility index (Phi) is 5.82. The maximum Gasteiger partial charge on any atom is 0.123 e. The van der Waals surface area contributed by atoms with E-state index in [1.54, 1.807) is 12.1 Å². The molecule has 0 saturated carbocycles. The van der Waals surface area contributed by atoms with E-state index in [4.69, 9.17) is 4.74 Å². The van der Waals surface area contributed by atoms with Gasteiger partial charge in [-0.1, -0.05) is 32.0 Å². The molecule has 0 fully saturated rings. The van der Waals surface area contributed by atoms with E-state index in [0.717, 1.165) is 17.9 Å². The van der Waals surface area contributed by atoms with E-state index in [2.05, 4.69) is 31.3 Å². The zero-order chi connectivity index (χ0) is 15.9. The zero-order valence-electron chi connectivity index (χ0n) is 13.5. The molecular weight excluding hydrogens is 277 g/mol. The van der Waals surface area contributed by atoms with Gasteiger partial charge in [-0.3, -0.25) is 0 Å². The number of hydrogen-bond acceptors (Lipinski definition) is 2. The molecule has 0 radical (unpaired) electrons. The van der Waals surface area contributed by atoms with Crippen molar-refractivity contribution in [1.82, 2.24) is 0 Å². The van der Waals surface area contributed by atoms with Crippen LogP contribution in [0, 0.1) is 5.82 Å². The monoisotopic (exact) mass is 301 g/mol. The largest absolute Gasteiger partial charge is 0.489 e. The molecule has 2 atom stereocenters. The molecule has 0 saturated heterocycles. The first kappa shape index (κ1) is 16.3. The highest BCUT2D eigenvalue weighted by atomic mass is 19.1. The topological polar surface area (TPSA) is 21.3 Å². The molecule has 0 aromatic heterocycles. The van der Waals surface area contributed by atoms with Crippen LogP contribution in [0.25, 0.3) is 0 Å². The fourth-order valence-electron chi connectivity index (χ4n) is 2.30. The summed E-state index contributed by atoms with van der Waals surface area (Å²) in [5.41, 5.74) is 2.14. The Morgan fingerprint density at radius 2 is 1.73 bits per heavy atom. The predicted molar refractivity (Wildman–Crippen MR) is 90.1 cm³/mol. The van der Waals surface area contributed by atoms with Gasteiger partial charge in [0.15, 0.2) is 0 Å². The molecule has 3 heteroatoms. The van der Waals surface area contributed by atoms with E-state index in [9.17, 15) is 4.39 Å². The van der Waals surface area contributed by atoms with Crippen LogP contribution in [0.5, 0.6) is 5.75 Å². The maximum atomic E-state index is 12.9. The van der Waals surface area contributed by atoms with Crippen molar-refractivity contribution in [3.05, 3.63) is 59.9 Å². The summed E-state index contributed by atoms with van der Waals surface area (Å²) in [6.07, 6.45) is 1.11. The van der Waals surface area contributed by atoms with Crippen molar-refractivity contribution in [3.8, 4) is 5.75 Å². The Hall–Kier alpha value is -2.03. The average Bonchev–Trinajstić information content (AvgIpc) is 2.54. The summed E-state index contributed by atoms with van der Waals surface area (Å²) in [4.78, 5) is 0. The molecule has 0 heterocycles. The molecule has 0 bridgehead atoms. The highest BCUT2D eigenvalue weighted by Crippen LogP contribution is 2.29. The van der Waals surface area contributed by atoms with Crippen molar-refractivity contribution in [2.75, 3.05) is 11.9 Å². The van der Waals surface area contributed by atoms with Gasteiger partial charge in [-0.05, 0) is 55.2 Å². The van der Waals surface area contributed by atoms with E-state index >= 15 is 0 Å². The third-order valence-corrected chi connectivity index (χ3v) is 3.83. The SMILES string of the molecule is CC[C@H](C)c1ccccc1O[C@@H](C)CNc1ccc(F)cc1. The zero-order valence-corrected chi connectivity index (χ0v) is 13.5. The second kappa shape index (κ2) is 7.83. The third kappa shape index (κ3) is 4.48. The molecule has 2 aromatic carbocycles. The van der Waals surface area contributed by atoms with Gasteiger partial charge in [0, 0.05) is 5.69 Å².